The molecule has 368 valence electrons. The molecule has 71 heavy (non-hydrogen) atoms. The Kier molecular flexibility index (Phi) is 9.11. The van der Waals surface area contributed by atoms with E-state index in [1.54, 1.807) is 16.7 Å². The molecule has 5 aromatic carbocycles. The van der Waals surface area contributed by atoms with Gasteiger partial charge in [0.2, 0.25) is 0 Å². The van der Waals surface area contributed by atoms with Crippen LogP contribution in [0.2, 0.25) is 0 Å². The maximum absolute atomic E-state index is 2.79. The topological polar surface area (TPSA) is 6.48 Å². The van der Waals surface area contributed by atoms with Crippen LogP contribution in [0.4, 0.5) is 33.4 Å². The van der Waals surface area contributed by atoms with Crippen LogP contribution in [0.5, 0.6) is 0 Å². The van der Waals surface area contributed by atoms with Crippen LogP contribution in [0.25, 0.3) is 10.1 Å². The predicted molar refractivity (Wildman–Crippen MR) is 309 cm³/mol. The first-order valence-corrected chi connectivity index (χ1v) is 28.7. The van der Waals surface area contributed by atoms with Crippen molar-refractivity contribution < 1.29 is 0 Å². The number of nitrogens with zero attached hydrogens (tertiary/aromatic N) is 2. The second-order valence-corrected chi connectivity index (χ2v) is 31.0. The molecule has 13 rings (SSSR count). The lowest BCUT2D eigenvalue weighted by Gasteiger charge is -2.48. The number of rotatable bonds is 2. The molecule has 7 aliphatic rings. The first-order valence-electron chi connectivity index (χ1n) is 27.8. The molecule has 1 aromatic heterocycles. The molecule has 5 aliphatic carbocycles. The van der Waals surface area contributed by atoms with E-state index in [4.69, 9.17) is 0 Å². The van der Waals surface area contributed by atoms with Crippen LogP contribution in [0.3, 0.4) is 0 Å². The minimum absolute atomic E-state index is 0.0654. The van der Waals surface area contributed by atoms with Crippen molar-refractivity contribution in [3.05, 3.63) is 123 Å². The molecular formula is C67H81BN2S. The summed E-state index contributed by atoms with van der Waals surface area (Å²) < 4.78 is 1.46. The van der Waals surface area contributed by atoms with E-state index >= 15 is 0 Å². The molecule has 0 spiro atoms. The SMILES string of the molecule is CC(C)(C)c1cc2c3c(c1)N(c1ccc4c(c1)C(C)(C)CCC4(C)C)c1sc4cc5c(cc4c1B3c1cc3c(cc1N2c1ccc2c(c1)C(C)(C)CCC2(C)C)C(C)(C)CCC3(C)C)C1(C)CCC5(C)C1. The van der Waals surface area contributed by atoms with Crippen molar-refractivity contribution in [2.45, 2.75) is 224 Å². The van der Waals surface area contributed by atoms with Gasteiger partial charge in [-0.05, 0) is 233 Å². The van der Waals surface area contributed by atoms with E-state index in [1.165, 1.54) is 151 Å². The molecule has 0 radical (unpaired) electrons. The van der Waals surface area contributed by atoms with E-state index in [2.05, 4.69) is 212 Å². The summed E-state index contributed by atoms with van der Waals surface area (Å²) in [6.07, 6.45) is 11.1. The Morgan fingerprint density at radius 2 is 0.859 bits per heavy atom. The fourth-order valence-corrected chi connectivity index (χ4v) is 17.4. The van der Waals surface area contributed by atoms with Crippen LogP contribution >= 0.6 is 11.3 Å². The summed E-state index contributed by atoms with van der Waals surface area (Å²) in [7, 11) is 0. The summed E-state index contributed by atoms with van der Waals surface area (Å²) in [5.41, 5.74) is 26.0. The van der Waals surface area contributed by atoms with Gasteiger partial charge in [-0.25, -0.2) is 0 Å². The highest BCUT2D eigenvalue weighted by Gasteiger charge is 2.55. The molecule has 2 aliphatic heterocycles. The number of thiophene rings is 1. The highest BCUT2D eigenvalue weighted by Crippen LogP contribution is 2.62. The zero-order valence-electron chi connectivity index (χ0n) is 46.7. The first-order chi connectivity index (χ1) is 32.9. The Morgan fingerprint density at radius 1 is 0.423 bits per heavy atom. The molecule has 2 unspecified atom stereocenters. The standard InChI is InChI=1S/C67H81BN2S/c1-59(2,3)39-30-53-57-54(31-39)70(41-19-21-44-46(33-41)63(10,11)25-23-61(44,6)7)58-56(42-34-49-50(37-55(42)71-58)67(17)29-28-66(49,16)38-67)68(57)51-35-47-48(65(14,15)27-26-64(47,12)13)36-52(51)69(53)40-18-20-43-45(32-40)62(8,9)24-22-60(43,4)5/h18-21,30-37H,22-29,38H2,1-17H3. The number of anilines is 6. The fraction of sp³-hybridized carbons (Fsp3) is 0.522. The second kappa shape index (κ2) is 13.9. The van der Waals surface area contributed by atoms with Crippen molar-refractivity contribution in [1.29, 1.82) is 0 Å². The monoisotopic (exact) mass is 957 g/mol. The van der Waals surface area contributed by atoms with Crippen molar-refractivity contribution >= 4 is 78.0 Å². The second-order valence-electron chi connectivity index (χ2n) is 30.0. The van der Waals surface area contributed by atoms with E-state index in [0.717, 1.165) is 0 Å². The molecule has 2 atom stereocenters. The fourth-order valence-electron chi connectivity index (χ4n) is 16.1. The minimum Gasteiger partial charge on any atom is -0.311 e. The summed E-state index contributed by atoms with van der Waals surface area (Å²) in [6.45, 7) is 42.5. The van der Waals surface area contributed by atoms with Gasteiger partial charge >= 0.3 is 0 Å². The molecule has 2 nitrogen and oxygen atoms in total. The molecule has 1 saturated carbocycles. The molecule has 1 fully saturated rings. The molecular weight excluding hydrogens is 876 g/mol. The molecule has 6 aromatic rings. The summed E-state index contributed by atoms with van der Waals surface area (Å²) in [4.78, 5) is 5.57. The Balaban J connectivity index is 1.18. The lowest BCUT2D eigenvalue weighted by Crippen LogP contribution is -2.61. The molecule has 2 bridgehead atoms. The third-order valence-corrected chi connectivity index (χ3v) is 22.3. The van der Waals surface area contributed by atoms with Gasteiger partial charge in [-0.15, -0.1) is 11.3 Å². The highest BCUT2D eigenvalue weighted by atomic mass is 32.1. The van der Waals surface area contributed by atoms with E-state index in [9.17, 15) is 0 Å². The largest absolute Gasteiger partial charge is 0.311 e. The lowest BCUT2D eigenvalue weighted by molar-refractivity contribution is 0.332. The zero-order valence-corrected chi connectivity index (χ0v) is 47.5. The molecule has 0 saturated heterocycles. The van der Waals surface area contributed by atoms with Gasteiger partial charge in [0, 0.05) is 33.1 Å². The quantitative estimate of drug-likeness (QED) is 0.159. The van der Waals surface area contributed by atoms with E-state index in [-0.39, 0.29) is 55.4 Å². The molecule has 0 N–H and O–H groups in total. The summed E-state index contributed by atoms with van der Waals surface area (Å²) >= 11 is 2.08. The van der Waals surface area contributed by atoms with Gasteiger partial charge in [-0.2, -0.15) is 0 Å². The summed E-state index contributed by atoms with van der Waals surface area (Å²) in [6, 6.07) is 31.6. The van der Waals surface area contributed by atoms with E-state index < -0.39 is 0 Å². The third-order valence-electron chi connectivity index (χ3n) is 21.2. The Morgan fingerprint density at radius 3 is 1.37 bits per heavy atom. The number of hydrogen-bond donors (Lipinski definition) is 0. The third kappa shape index (κ3) is 6.31. The maximum Gasteiger partial charge on any atom is 0.254 e. The van der Waals surface area contributed by atoms with Crippen molar-refractivity contribution in [2.75, 3.05) is 9.80 Å². The molecule has 0 amide bonds. The summed E-state index contributed by atoms with van der Waals surface area (Å²) in [5.74, 6) is 0. The van der Waals surface area contributed by atoms with Crippen LogP contribution in [0, 0.1) is 0 Å². The van der Waals surface area contributed by atoms with Gasteiger partial charge in [-0.1, -0.05) is 136 Å². The minimum atomic E-state index is -0.0876. The van der Waals surface area contributed by atoms with Gasteiger partial charge in [0.15, 0.2) is 0 Å². The van der Waals surface area contributed by atoms with Crippen molar-refractivity contribution in [3.8, 4) is 0 Å². The normalized spacial score (nSPS) is 26.0. The number of benzene rings is 5. The highest BCUT2D eigenvalue weighted by molar-refractivity contribution is 7.26. The smallest absolute Gasteiger partial charge is 0.254 e. The average molecular weight is 957 g/mol. The van der Waals surface area contributed by atoms with E-state index in [1.807, 2.05) is 0 Å². The van der Waals surface area contributed by atoms with Gasteiger partial charge in [0.05, 0.1) is 5.00 Å². The van der Waals surface area contributed by atoms with Gasteiger partial charge < -0.3 is 9.80 Å². The van der Waals surface area contributed by atoms with Gasteiger partial charge in [0.1, 0.15) is 0 Å². The van der Waals surface area contributed by atoms with Crippen LogP contribution in [0.1, 0.15) is 226 Å². The number of hydrogen-bond acceptors (Lipinski definition) is 3. The number of fused-ring (bicyclic) bond motifs is 14. The molecule has 4 heteroatoms. The van der Waals surface area contributed by atoms with Crippen LogP contribution in [0.15, 0.2) is 72.8 Å². The van der Waals surface area contributed by atoms with Crippen LogP contribution in [-0.4, -0.2) is 6.71 Å². The maximum atomic E-state index is 2.79. The Hall–Kier alpha value is -4.28. The zero-order chi connectivity index (χ0) is 50.3. The first kappa shape index (κ1) is 46.5. The average Bonchev–Trinajstić information content (AvgIpc) is 3.90. The van der Waals surface area contributed by atoms with Crippen molar-refractivity contribution in [3.63, 3.8) is 0 Å². The summed E-state index contributed by atoms with van der Waals surface area (Å²) in [5, 5.41) is 2.91. The molecule has 3 heterocycles. The Labute approximate surface area is 432 Å². The lowest BCUT2D eigenvalue weighted by atomic mass is 9.33. The van der Waals surface area contributed by atoms with Gasteiger partial charge in [-0.3, -0.25) is 0 Å². The van der Waals surface area contributed by atoms with E-state index in [0.29, 0.717) is 0 Å². The predicted octanol–water partition coefficient (Wildman–Crippen LogP) is 17.0. The van der Waals surface area contributed by atoms with Crippen molar-refractivity contribution in [2.24, 2.45) is 0 Å². The van der Waals surface area contributed by atoms with Gasteiger partial charge in [0.25, 0.3) is 6.71 Å². The van der Waals surface area contributed by atoms with Crippen LogP contribution < -0.4 is 26.2 Å². The Bertz CT molecular complexity index is 3340. The van der Waals surface area contributed by atoms with Crippen molar-refractivity contribution in [1.82, 2.24) is 0 Å². The van der Waals surface area contributed by atoms with Crippen LogP contribution in [-0.2, 0) is 48.7 Å².